The van der Waals surface area contributed by atoms with Crippen LogP contribution in [-0.2, 0) is 0 Å². The second-order valence-corrected chi connectivity index (χ2v) is 5.83. The number of hydrogen-bond donors (Lipinski definition) is 2. The van der Waals surface area contributed by atoms with Crippen LogP contribution in [0.25, 0.3) is 5.69 Å². The predicted molar refractivity (Wildman–Crippen MR) is 85.6 cm³/mol. The van der Waals surface area contributed by atoms with Crippen LogP contribution in [-0.4, -0.2) is 16.4 Å². The summed E-state index contributed by atoms with van der Waals surface area (Å²) in [5.74, 6) is -2.52. The van der Waals surface area contributed by atoms with Crippen molar-refractivity contribution >= 4 is 40.2 Å². The minimum absolute atomic E-state index is 0.0829. The first-order chi connectivity index (χ1) is 10.8. The predicted octanol–water partition coefficient (Wildman–Crippen LogP) is 0.919. The van der Waals surface area contributed by atoms with Crippen molar-refractivity contribution in [3.63, 3.8) is 0 Å². The van der Waals surface area contributed by atoms with Gasteiger partial charge in [-0.3, -0.25) is 24.3 Å². The fourth-order valence-corrected chi connectivity index (χ4v) is 3.03. The largest absolute Gasteiger partial charge is 0.384 e. The van der Waals surface area contributed by atoms with E-state index >= 15 is 0 Å². The topological polar surface area (TPSA) is 118 Å². The molecule has 0 unspecified atom stereocenters. The minimum Gasteiger partial charge on any atom is -0.384 e. The number of anilines is 1. The van der Waals surface area contributed by atoms with E-state index in [4.69, 9.17) is 11.0 Å². The van der Waals surface area contributed by atoms with Gasteiger partial charge in [0.2, 0.25) is 0 Å². The monoisotopic (exact) mass is 424 g/mol. The fraction of sp³-hybridized carbons (Fsp3) is 0. The maximum absolute atomic E-state index is 13.9. The van der Waals surface area contributed by atoms with Crippen LogP contribution in [0.3, 0.4) is 0 Å². The van der Waals surface area contributed by atoms with Gasteiger partial charge in [0.1, 0.15) is 17.7 Å². The molecule has 1 aromatic carbocycles. The molecule has 1 aliphatic rings. The molecule has 2 amide bonds. The normalized spacial score (nSPS) is 12.7. The molecule has 0 fully saturated rings. The van der Waals surface area contributed by atoms with Gasteiger partial charge in [0.05, 0.1) is 22.4 Å². The zero-order valence-corrected chi connectivity index (χ0v) is 13.3. The number of carbonyl (C=O) groups excluding carboxylic acids is 2. The van der Waals surface area contributed by atoms with Crippen LogP contribution in [0, 0.1) is 20.7 Å². The van der Waals surface area contributed by atoms with Gasteiger partial charge in [-0.05, 0) is 28.7 Å². The highest BCUT2D eigenvalue weighted by atomic mass is 127. The molecule has 0 spiro atoms. The maximum atomic E-state index is 13.9. The lowest BCUT2D eigenvalue weighted by molar-refractivity contribution is 0.0880. The summed E-state index contributed by atoms with van der Waals surface area (Å²) in [5.41, 5.74) is 4.84. The second kappa shape index (κ2) is 5.17. The van der Waals surface area contributed by atoms with Crippen molar-refractivity contribution in [3.8, 4) is 11.8 Å². The third-order valence-corrected chi connectivity index (χ3v) is 4.22. The van der Waals surface area contributed by atoms with Crippen LogP contribution in [0.5, 0.6) is 0 Å². The Labute approximate surface area is 141 Å². The summed E-state index contributed by atoms with van der Waals surface area (Å²) >= 11 is 1.82. The molecule has 0 atom stereocenters. The Bertz CT molecular complexity index is 1010. The van der Waals surface area contributed by atoms with Gasteiger partial charge in [-0.15, -0.1) is 0 Å². The summed E-state index contributed by atoms with van der Waals surface area (Å²) in [4.78, 5) is 35.7. The molecular weight excluding hydrogens is 418 g/mol. The van der Waals surface area contributed by atoms with Gasteiger partial charge >= 0.3 is 0 Å². The van der Waals surface area contributed by atoms with E-state index in [1.807, 2.05) is 27.9 Å². The molecule has 2 heterocycles. The summed E-state index contributed by atoms with van der Waals surface area (Å²) in [6, 6.07) is 4.91. The molecule has 3 rings (SSSR count). The first-order valence-electron chi connectivity index (χ1n) is 6.16. The number of pyridine rings is 1. The van der Waals surface area contributed by atoms with Gasteiger partial charge in [-0.2, -0.15) is 5.26 Å². The lowest BCUT2D eigenvalue weighted by Crippen LogP contribution is -2.25. The molecule has 0 aliphatic carbocycles. The first-order valence-corrected chi connectivity index (χ1v) is 7.23. The molecule has 114 valence electrons. The minimum atomic E-state index is -0.824. The van der Waals surface area contributed by atoms with Crippen LogP contribution in [0.1, 0.15) is 26.3 Å². The van der Waals surface area contributed by atoms with E-state index < -0.39 is 23.2 Å². The Hall–Kier alpha value is -2.74. The third kappa shape index (κ3) is 2.18. The van der Waals surface area contributed by atoms with Crippen molar-refractivity contribution in [2.75, 3.05) is 5.73 Å². The van der Waals surface area contributed by atoms with Crippen molar-refractivity contribution in [1.82, 2.24) is 9.88 Å². The van der Waals surface area contributed by atoms with Crippen LogP contribution in [0.2, 0.25) is 0 Å². The Morgan fingerprint density at radius 2 is 1.91 bits per heavy atom. The number of benzene rings is 1. The zero-order valence-electron chi connectivity index (χ0n) is 11.2. The average molecular weight is 424 g/mol. The number of carbonyl (C=O) groups is 2. The number of rotatable bonds is 1. The smallest absolute Gasteiger partial charge is 0.262 e. The summed E-state index contributed by atoms with van der Waals surface area (Å²) in [5, 5.41) is 10.9. The zero-order chi connectivity index (χ0) is 16.9. The number of nitrogen functional groups attached to an aromatic ring is 1. The third-order valence-electron chi connectivity index (χ3n) is 3.35. The van der Waals surface area contributed by atoms with Gasteiger partial charge in [-0.25, -0.2) is 4.39 Å². The molecule has 0 saturated heterocycles. The number of nitrogens with zero attached hydrogens (tertiary/aromatic N) is 2. The maximum Gasteiger partial charge on any atom is 0.262 e. The highest BCUT2D eigenvalue weighted by Crippen LogP contribution is 2.26. The molecule has 9 heteroatoms. The van der Waals surface area contributed by atoms with Gasteiger partial charge < -0.3 is 5.73 Å². The molecule has 7 nitrogen and oxygen atoms in total. The van der Waals surface area contributed by atoms with E-state index in [0.717, 1.165) is 16.7 Å². The standard InChI is InChI=1S/C14H6FIN4O3/c15-7-3-9(8(16)1-5(7)4-17)20-10(21)2-6-11(12(20)18)14(23)19-13(6)22/h1-3H,18H2,(H,19,22,23). The quantitative estimate of drug-likeness (QED) is 0.522. The number of nitrogens with one attached hydrogen (secondary N) is 1. The number of aromatic nitrogens is 1. The fourth-order valence-electron chi connectivity index (χ4n) is 2.32. The number of amides is 2. The van der Waals surface area contributed by atoms with E-state index in [1.165, 1.54) is 6.07 Å². The number of imide groups is 1. The number of nitrogens with two attached hydrogens (primary N) is 1. The van der Waals surface area contributed by atoms with Crippen molar-refractivity contribution in [1.29, 1.82) is 5.26 Å². The molecule has 23 heavy (non-hydrogen) atoms. The second-order valence-electron chi connectivity index (χ2n) is 4.67. The van der Waals surface area contributed by atoms with Crippen LogP contribution in [0.15, 0.2) is 23.0 Å². The van der Waals surface area contributed by atoms with Crippen molar-refractivity contribution in [3.05, 3.63) is 54.6 Å². The SMILES string of the molecule is N#Cc1cc(I)c(-n2c(N)c3c(cc2=O)C(=O)NC3=O)cc1F. The summed E-state index contributed by atoms with van der Waals surface area (Å²) in [6.45, 7) is 0. The average Bonchev–Trinajstić information content (AvgIpc) is 2.76. The van der Waals surface area contributed by atoms with Crippen LogP contribution >= 0.6 is 22.6 Å². The number of nitriles is 1. The molecule has 1 aliphatic heterocycles. The molecule has 2 aromatic rings. The van der Waals surface area contributed by atoms with Crippen molar-refractivity contribution in [2.24, 2.45) is 0 Å². The molecular formula is C14H6FIN4O3. The number of halogens is 2. The molecule has 0 bridgehead atoms. The van der Waals surface area contributed by atoms with Gasteiger partial charge in [-0.1, -0.05) is 0 Å². The van der Waals surface area contributed by atoms with E-state index in [1.54, 1.807) is 6.07 Å². The van der Waals surface area contributed by atoms with Crippen LogP contribution < -0.4 is 16.6 Å². The number of hydrogen-bond acceptors (Lipinski definition) is 5. The summed E-state index contributed by atoms with van der Waals surface area (Å²) in [7, 11) is 0. The highest BCUT2D eigenvalue weighted by Gasteiger charge is 2.32. The van der Waals surface area contributed by atoms with E-state index in [2.05, 4.69) is 0 Å². The Kier molecular flexibility index (Phi) is 3.41. The van der Waals surface area contributed by atoms with E-state index in [9.17, 15) is 18.8 Å². The van der Waals surface area contributed by atoms with Crippen molar-refractivity contribution in [2.45, 2.75) is 0 Å². The summed E-state index contributed by atoms with van der Waals surface area (Å²) < 4.78 is 15.2. The first kappa shape index (κ1) is 15.2. The lowest BCUT2D eigenvalue weighted by atomic mass is 10.1. The molecule has 0 radical (unpaired) electrons. The molecule has 1 aromatic heterocycles. The number of fused-ring (bicyclic) bond motifs is 1. The lowest BCUT2D eigenvalue weighted by Gasteiger charge is -2.14. The van der Waals surface area contributed by atoms with Gasteiger partial charge in [0.25, 0.3) is 17.4 Å². The van der Waals surface area contributed by atoms with Crippen LogP contribution in [0.4, 0.5) is 10.2 Å². The highest BCUT2D eigenvalue weighted by molar-refractivity contribution is 14.1. The van der Waals surface area contributed by atoms with E-state index in [0.29, 0.717) is 3.57 Å². The molecule has 3 N–H and O–H groups in total. The Balaban J connectivity index is 2.36. The van der Waals surface area contributed by atoms with Gasteiger partial charge in [0.15, 0.2) is 0 Å². The Morgan fingerprint density at radius 1 is 1.22 bits per heavy atom. The molecule has 0 saturated carbocycles. The van der Waals surface area contributed by atoms with E-state index in [-0.39, 0.29) is 28.2 Å². The Morgan fingerprint density at radius 3 is 2.57 bits per heavy atom. The van der Waals surface area contributed by atoms with Crippen molar-refractivity contribution < 1.29 is 14.0 Å². The summed E-state index contributed by atoms with van der Waals surface area (Å²) in [6.07, 6.45) is 0. The van der Waals surface area contributed by atoms with Gasteiger partial charge in [0, 0.05) is 15.7 Å².